The zero-order valence-electron chi connectivity index (χ0n) is 21.8. The first-order valence-electron chi connectivity index (χ1n) is 12.5. The third-order valence-corrected chi connectivity index (χ3v) is 7.63. The van der Waals surface area contributed by atoms with E-state index in [1.807, 2.05) is 5.32 Å². The fourth-order valence-electron chi connectivity index (χ4n) is 4.34. The molecule has 1 aliphatic heterocycles. The Hall–Kier alpha value is -4.61. The molecule has 0 saturated carbocycles. The number of benzene rings is 2. The van der Waals surface area contributed by atoms with Crippen LogP contribution in [0.25, 0.3) is 10.2 Å². The van der Waals surface area contributed by atoms with Gasteiger partial charge in [-0.2, -0.15) is 13.2 Å². The van der Waals surface area contributed by atoms with E-state index in [9.17, 15) is 32.3 Å². The van der Waals surface area contributed by atoms with Crippen molar-refractivity contribution in [3.8, 4) is 17.6 Å². The van der Waals surface area contributed by atoms with Crippen molar-refractivity contribution in [1.29, 1.82) is 0 Å². The van der Waals surface area contributed by atoms with Crippen LogP contribution in [0.4, 0.5) is 33.9 Å². The summed E-state index contributed by atoms with van der Waals surface area (Å²) in [6, 6.07) is 10.8. The van der Waals surface area contributed by atoms with Crippen molar-refractivity contribution in [2.75, 3.05) is 11.9 Å². The number of carbonyl (C=O) groups excluding carboxylic acids is 1. The molecule has 15 heteroatoms. The molecule has 1 saturated heterocycles. The molecule has 9 nitrogen and oxygen atoms in total. The highest BCUT2D eigenvalue weighted by Gasteiger charge is 2.43. The lowest BCUT2D eigenvalue weighted by molar-refractivity contribution is -0.174. The number of carbonyl (C=O) groups is 2. The number of thiophene rings is 1. The van der Waals surface area contributed by atoms with Crippen molar-refractivity contribution in [2.24, 2.45) is 0 Å². The number of alkyl halides is 3. The first-order valence-corrected chi connectivity index (χ1v) is 13.7. The number of aromatic nitrogens is 2. The first kappa shape index (κ1) is 29.9. The molecule has 222 valence electrons. The number of carboxylic acid groups (broad SMARTS) is 1. The second-order valence-corrected chi connectivity index (χ2v) is 10.8. The normalized spacial score (nSPS) is 16.4. The van der Waals surface area contributed by atoms with E-state index in [-0.39, 0.29) is 25.4 Å². The molecule has 1 fully saturated rings. The van der Waals surface area contributed by atoms with Gasteiger partial charge >= 0.3 is 18.2 Å². The van der Waals surface area contributed by atoms with Gasteiger partial charge in [0.2, 0.25) is 0 Å². The summed E-state index contributed by atoms with van der Waals surface area (Å²) in [4.78, 5) is 32.9. The summed E-state index contributed by atoms with van der Waals surface area (Å²) in [5, 5.41) is 14.8. The van der Waals surface area contributed by atoms with E-state index < -0.39 is 30.3 Å². The van der Waals surface area contributed by atoms with Gasteiger partial charge in [-0.1, -0.05) is 35.6 Å². The van der Waals surface area contributed by atoms with Gasteiger partial charge in [0.25, 0.3) is 0 Å². The number of hydrogen-bond acceptors (Lipinski definition) is 7. The zero-order chi connectivity index (χ0) is 30.7. The fraction of sp³-hybridized carbons (Fsp3) is 0.214. The fourth-order valence-corrected chi connectivity index (χ4v) is 5.49. The number of ether oxygens (including phenoxy) is 1. The van der Waals surface area contributed by atoms with Gasteiger partial charge in [-0.15, -0.1) is 11.3 Å². The summed E-state index contributed by atoms with van der Waals surface area (Å²) in [7, 11) is 0. The standard InChI is InChI=1S/C28H20ClF4N5O4S/c29-21-10-17(4-7-23(21)42-13-15-2-1-3-16(30)8-15)36-25-24-22(34-14-35-25)11-20(43-24)6-5-19-9-18(12-38(19)27(40)41)37-26(39)28(31,32)33/h1-4,7-8,10-11,14,18-19H,9,12-13H2,(H,37,39)(H,40,41)(H,34,35,36)/t18-,19-/m0/s1. The molecule has 0 aliphatic carbocycles. The van der Waals surface area contributed by atoms with Crippen LogP contribution in [0.15, 0.2) is 54.9 Å². The van der Waals surface area contributed by atoms with Crippen molar-refractivity contribution < 1.29 is 37.0 Å². The van der Waals surface area contributed by atoms with Crippen molar-refractivity contribution in [3.63, 3.8) is 0 Å². The third kappa shape index (κ3) is 7.25. The average molecular weight is 634 g/mol. The molecule has 3 N–H and O–H groups in total. The number of anilines is 2. The molecule has 0 unspecified atom stereocenters. The van der Waals surface area contributed by atoms with Gasteiger partial charge in [0.15, 0.2) is 5.82 Å². The van der Waals surface area contributed by atoms with Crippen molar-refractivity contribution in [1.82, 2.24) is 20.2 Å². The summed E-state index contributed by atoms with van der Waals surface area (Å²) >= 11 is 7.63. The Labute approximate surface area is 250 Å². The van der Waals surface area contributed by atoms with Crippen LogP contribution in [-0.2, 0) is 11.4 Å². The molecule has 1 aliphatic rings. The highest BCUT2D eigenvalue weighted by atomic mass is 35.5. The van der Waals surface area contributed by atoms with Crippen LogP contribution in [0.3, 0.4) is 0 Å². The molecule has 0 bridgehead atoms. The quantitative estimate of drug-likeness (QED) is 0.177. The SMILES string of the molecule is O=C(O)N1C[C@@H](NC(=O)C(F)(F)F)C[C@@H]1C#Cc1cc2ncnc(Nc3ccc(OCc4cccc(F)c4)c(Cl)c3)c2s1. The van der Waals surface area contributed by atoms with Crippen LogP contribution in [-0.4, -0.2) is 56.8 Å². The monoisotopic (exact) mass is 633 g/mol. The topological polar surface area (TPSA) is 117 Å². The number of fused-ring (bicyclic) bond motifs is 1. The Bertz CT molecular complexity index is 1760. The molecule has 43 heavy (non-hydrogen) atoms. The number of nitrogens with zero attached hydrogens (tertiary/aromatic N) is 3. The van der Waals surface area contributed by atoms with Crippen molar-refractivity contribution in [2.45, 2.75) is 31.3 Å². The molecular formula is C28H20ClF4N5O4S. The maximum Gasteiger partial charge on any atom is 0.471 e. The Morgan fingerprint density at radius 3 is 2.72 bits per heavy atom. The minimum Gasteiger partial charge on any atom is -0.487 e. The van der Waals surface area contributed by atoms with Crippen molar-refractivity contribution in [3.05, 3.63) is 76.1 Å². The van der Waals surface area contributed by atoms with Crippen LogP contribution in [0, 0.1) is 17.7 Å². The van der Waals surface area contributed by atoms with Gasteiger partial charge in [-0.05, 0) is 42.0 Å². The van der Waals surface area contributed by atoms with Gasteiger partial charge in [-0.25, -0.2) is 19.2 Å². The molecule has 2 amide bonds. The summed E-state index contributed by atoms with van der Waals surface area (Å²) in [6.07, 6.45) is -5.18. The molecule has 0 spiro atoms. The van der Waals surface area contributed by atoms with E-state index in [0.717, 1.165) is 4.90 Å². The van der Waals surface area contributed by atoms with Crippen molar-refractivity contribution >= 4 is 56.7 Å². The van der Waals surface area contributed by atoms with Gasteiger partial charge in [-0.3, -0.25) is 9.69 Å². The van der Waals surface area contributed by atoms with E-state index in [2.05, 4.69) is 27.1 Å². The zero-order valence-corrected chi connectivity index (χ0v) is 23.4. The summed E-state index contributed by atoms with van der Waals surface area (Å²) in [6.45, 7) is -0.191. The highest BCUT2D eigenvalue weighted by molar-refractivity contribution is 7.20. The van der Waals surface area contributed by atoms with E-state index in [4.69, 9.17) is 16.3 Å². The molecule has 0 radical (unpaired) electrons. The van der Waals surface area contributed by atoms with Gasteiger partial charge in [0.1, 0.15) is 24.5 Å². The molecule has 2 aromatic heterocycles. The van der Waals surface area contributed by atoms with Gasteiger partial charge in [0, 0.05) is 24.7 Å². The minimum absolute atomic E-state index is 0.0959. The van der Waals surface area contributed by atoms with E-state index >= 15 is 0 Å². The van der Waals surface area contributed by atoms with E-state index in [1.165, 1.54) is 29.8 Å². The number of rotatable bonds is 6. The van der Waals surface area contributed by atoms with Crippen LogP contribution in [0.2, 0.25) is 5.02 Å². The lowest BCUT2D eigenvalue weighted by Gasteiger charge is -2.16. The first-order chi connectivity index (χ1) is 20.5. The number of likely N-dealkylation sites (tertiary alicyclic amines) is 1. The summed E-state index contributed by atoms with van der Waals surface area (Å²) in [5.41, 5.74) is 1.80. The second-order valence-electron chi connectivity index (χ2n) is 9.36. The predicted octanol–water partition coefficient (Wildman–Crippen LogP) is 5.96. The Kier molecular flexibility index (Phi) is 8.56. The lowest BCUT2D eigenvalue weighted by atomic mass is 10.1. The molecule has 2 aromatic carbocycles. The van der Waals surface area contributed by atoms with Crippen LogP contribution in [0.1, 0.15) is 16.9 Å². The smallest absolute Gasteiger partial charge is 0.471 e. The molecular weight excluding hydrogens is 614 g/mol. The molecule has 5 rings (SSSR count). The number of nitrogens with one attached hydrogen (secondary N) is 2. The predicted molar refractivity (Wildman–Crippen MR) is 151 cm³/mol. The Balaban J connectivity index is 1.29. The van der Waals surface area contributed by atoms with Gasteiger partial charge < -0.3 is 20.5 Å². The summed E-state index contributed by atoms with van der Waals surface area (Å²) in [5.74, 6) is 4.03. The molecule has 2 atom stereocenters. The van der Waals surface area contributed by atoms with Crippen LogP contribution >= 0.6 is 22.9 Å². The number of hydrogen-bond donors (Lipinski definition) is 3. The van der Waals surface area contributed by atoms with E-state index in [1.54, 1.807) is 36.4 Å². The average Bonchev–Trinajstić information content (AvgIpc) is 3.55. The molecule has 4 aromatic rings. The number of halogens is 5. The maximum atomic E-state index is 13.4. The van der Waals surface area contributed by atoms with Crippen LogP contribution < -0.4 is 15.4 Å². The highest BCUT2D eigenvalue weighted by Crippen LogP contribution is 2.33. The number of amides is 2. The van der Waals surface area contributed by atoms with Crippen LogP contribution in [0.5, 0.6) is 5.75 Å². The Morgan fingerprint density at radius 1 is 1.19 bits per heavy atom. The minimum atomic E-state index is -5.08. The van der Waals surface area contributed by atoms with Gasteiger partial charge in [0.05, 0.1) is 26.2 Å². The van der Waals surface area contributed by atoms with E-state index in [0.29, 0.717) is 42.9 Å². The third-order valence-electron chi connectivity index (χ3n) is 6.29. The summed E-state index contributed by atoms with van der Waals surface area (Å²) < 4.78 is 57.7. The maximum absolute atomic E-state index is 13.4. The Morgan fingerprint density at radius 2 is 2.00 bits per heavy atom. The molecule has 3 heterocycles. The lowest BCUT2D eigenvalue weighted by Crippen LogP contribution is -2.44. The largest absolute Gasteiger partial charge is 0.487 e. The second kappa shape index (κ2) is 12.3.